The van der Waals surface area contributed by atoms with Gasteiger partial charge in [0.1, 0.15) is 0 Å². The Labute approximate surface area is 83.8 Å². The predicted molar refractivity (Wildman–Crippen MR) is 56.8 cm³/mol. The third-order valence-corrected chi connectivity index (χ3v) is 3.04. The number of hydrazine groups is 1. The van der Waals surface area contributed by atoms with E-state index in [1.54, 1.807) is 11.3 Å². The second kappa shape index (κ2) is 4.17. The van der Waals surface area contributed by atoms with Gasteiger partial charge in [0.25, 0.3) is 0 Å². The van der Waals surface area contributed by atoms with E-state index in [0.29, 0.717) is 6.04 Å². The van der Waals surface area contributed by atoms with Gasteiger partial charge in [0.15, 0.2) is 0 Å². The van der Waals surface area contributed by atoms with Crippen LogP contribution < -0.4 is 5.43 Å². The van der Waals surface area contributed by atoms with Crippen molar-refractivity contribution in [2.75, 3.05) is 14.1 Å². The minimum Gasteiger partial charge on any atom is -0.250 e. The molecular weight excluding hydrogens is 182 g/mol. The van der Waals surface area contributed by atoms with Crippen LogP contribution in [0.2, 0.25) is 0 Å². The molecule has 74 valence electrons. The van der Waals surface area contributed by atoms with Crippen molar-refractivity contribution in [2.45, 2.75) is 26.8 Å². The van der Waals surface area contributed by atoms with Gasteiger partial charge in [-0.05, 0) is 20.8 Å². The summed E-state index contributed by atoms with van der Waals surface area (Å²) in [5.41, 5.74) is 4.46. The van der Waals surface area contributed by atoms with Gasteiger partial charge in [-0.2, -0.15) is 0 Å². The fraction of sp³-hybridized carbons (Fsp3) is 0.667. The van der Waals surface area contributed by atoms with Crippen LogP contribution in [0.25, 0.3) is 0 Å². The lowest BCUT2D eigenvalue weighted by atomic mass is 10.2. The third kappa shape index (κ3) is 2.76. The second-order valence-electron chi connectivity index (χ2n) is 3.43. The van der Waals surface area contributed by atoms with Gasteiger partial charge >= 0.3 is 0 Å². The molecule has 1 rings (SSSR count). The summed E-state index contributed by atoms with van der Waals surface area (Å²) in [7, 11) is 4.00. The van der Waals surface area contributed by atoms with Crippen LogP contribution in [0, 0.1) is 13.8 Å². The zero-order valence-corrected chi connectivity index (χ0v) is 9.70. The fourth-order valence-corrected chi connectivity index (χ4v) is 2.32. The topological polar surface area (TPSA) is 28.2 Å². The lowest BCUT2D eigenvalue weighted by molar-refractivity contribution is 0.253. The summed E-state index contributed by atoms with van der Waals surface area (Å²) in [5.74, 6) is 0. The highest BCUT2D eigenvalue weighted by Crippen LogP contribution is 2.24. The summed E-state index contributed by atoms with van der Waals surface area (Å²) in [6.07, 6.45) is 0. The van der Waals surface area contributed by atoms with Crippen LogP contribution in [0.5, 0.6) is 0 Å². The standard InChI is InChI=1S/C9H17N3S/c1-6-9(13-8(3)10-6)7(2)11-12(4)5/h7,11H,1-5H3. The lowest BCUT2D eigenvalue weighted by Crippen LogP contribution is -2.32. The second-order valence-corrected chi connectivity index (χ2v) is 4.66. The molecule has 0 aliphatic heterocycles. The Balaban J connectivity index is 2.76. The van der Waals surface area contributed by atoms with Gasteiger partial charge in [-0.25, -0.2) is 10.4 Å². The van der Waals surface area contributed by atoms with Crippen molar-refractivity contribution in [1.82, 2.24) is 15.4 Å². The van der Waals surface area contributed by atoms with Crippen molar-refractivity contribution in [3.8, 4) is 0 Å². The number of nitrogens with zero attached hydrogens (tertiary/aromatic N) is 2. The average Bonchev–Trinajstić information content (AvgIpc) is 2.28. The van der Waals surface area contributed by atoms with Gasteiger partial charge < -0.3 is 0 Å². The highest BCUT2D eigenvalue weighted by atomic mass is 32.1. The van der Waals surface area contributed by atoms with E-state index in [1.165, 1.54) is 4.88 Å². The van der Waals surface area contributed by atoms with Gasteiger partial charge in [-0.15, -0.1) is 11.3 Å². The van der Waals surface area contributed by atoms with E-state index in [2.05, 4.69) is 24.3 Å². The van der Waals surface area contributed by atoms with Crippen molar-refractivity contribution >= 4 is 11.3 Å². The number of hydrogen-bond donors (Lipinski definition) is 1. The summed E-state index contributed by atoms with van der Waals surface area (Å²) in [4.78, 5) is 5.72. The summed E-state index contributed by atoms with van der Waals surface area (Å²) in [5, 5.41) is 3.11. The summed E-state index contributed by atoms with van der Waals surface area (Å²) < 4.78 is 0. The van der Waals surface area contributed by atoms with Crippen molar-refractivity contribution in [1.29, 1.82) is 0 Å². The Morgan fingerprint density at radius 1 is 1.38 bits per heavy atom. The Morgan fingerprint density at radius 3 is 2.38 bits per heavy atom. The molecule has 0 fully saturated rings. The molecule has 0 saturated carbocycles. The SMILES string of the molecule is Cc1nc(C)c(C(C)NN(C)C)s1. The van der Waals surface area contributed by atoms with Gasteiger partial charge in [0.2, 0.25) is 0 Å². The monoisotopic (exact) mass is 199 g/mol. The van der Waals surface area contributed by atoms with E-state index in [1.807, 2.05) is 26.0 Å². The van der Waals surface area contributed by atoms with Gasteiger partial charge in [0, 0.05) is 19.0 Å². The van der Waals surface area contributed by atoms with E-state index in [9.17, 15) is 0 Å². The van der Waals surface area contributed by atoms with E-state index >= 15 is 0 Å². The molecule has 1 aromatic rings. The number of nitrogens with one attached hydrogen (secondary N) is 1. The highest BCUT2D eigenvalue weighted by molar-refractivity contribution is 7.11. The molecule has 13 heavy (non-hydrogen) atoms. The van der Waals surface area contributed by atoms with Crippen molar-refractivity contribution < 1.29 is 0 Å². The molecule has 0 saturated heterocycles. The lowest BCUT2D eigenvalue weighted by Gasteiger charge is -2.18. The molecule has 3 nitrogen and oxygen atoms in total. The molecule has 1 aromatic heterocycles. The van der Waals surface area contributed by atoms with E-state index in [4.69, 9.17) is 0 Å². The molecule has 1 unspecified atom stereocenters. The number of aromatic nitrogens is 1. The molecule has 0 amide bonds. The Kier molecular flexibility index (Phi) is 3.41. The predicted octanol–water partition coefficient (Wildman–Crippen LogP) is 1.89. The van der Waals surface area contributed by atoms with Crippen LogP contribution >= 0.6 is 11.3 Å². The third-order valence-electron chi connectivity index (χ3n) is 1.78. The largest absolute Gasteiger partial charge is 0.250 e. The number of thiazole rings is 1. The normalized spacial score (nSPS) is 13.7. The number of aryl methyl sites for hydroxylation is 2. The average molecular weight is 199 g/mol. The Bertz CT molecular complexity index is 280. The molecular formula is C9H17N3S. The van der Waals surface area contributed by atoms with Gasteiger partial charge in [0.05, 0.1) is 16.7 Å². The fourth-order valence-electron chi connectivity index (χ4n) is 1.39. The number of rotatable bonds is 3. The first kappa shape index (κ1) is 10.6. The van der Waals surface area contributed by atoms with Crippen LogP contribution in [0.3, 0.4) is 0 Å². The minimum atomic E-state index is 0.348. The van der Waals surface area contributed by atoms with Crippen LogP contribution in [-0.2, 0) is 0 Å². The van der Waals surface area contributed by atoms with Crippen LogP contribution in [0.4, 0.5) is 0 Å². The smallest absolute Gasteiger partial charge is 0.0900 e. The van der Waals surface area contributed by atoms with E-state index in [0.717, 1.165) is 10.7 Å². The molecule has 4 heteroatoms. The molecule has 1 atom stereocenters. The highest BCUT2D eigenvalue weighted by Gasteiger charge is 2.12. The molecule has 0 radical (unpaired) electrons. The zero-order valence-electron chi connectivity index (χ0n) is 8.88. The molecule has 1 N–H and O–H groups in total. The molecule has 0 aromatic carbocycles. The van der Waals surface area contributed by atoms with Crippen LogP contribution in [0.1, 0.15) is 28.5 Å². The van der Waals surface area contributed by atoms with Gasteiger partial charge in [-0.3, -0.25) is 5.01 Å². The maximum atomic E-state index is 4.40. The summed E-state index contributed by atoms with van der Waals surface area (Å²) in [6, 6.07) is 0.348. The number of hydrogen-bond acceptors (Lipinski definition) is 4. The Hall–Kier alpha value is -0.450. The minimum absolute atomic E-state index is 0.348. The molecule has 1 heterocycles. The molecule has 0 aliphatic carbocycles. The van der Waals surface area contributed by atoms with E-state index < -0.39 is 0 Å². The molecule has 0 aliphatic rings. The summed E-state index contributed by atoms with van der Waals surface area (Å²) in [6.45, 7) is 6.26. The first-order chi connectivity index (χ1) is 6.00. The van der Waals surface area contributed by atoms with Crippen LogP contribution in [-0.4, -0.2) is 24.1 Å². The molecule has 0 spiro atoms. The Morgan fingerprint density at radius 2 is 2.00 bits per heavy atom. The summed E-state index contributed by atoms with van der Waals surface area (Å²) >= 11 is 1.76. The maximum absolute atomic E-state index is 4.40. The van der Waals surface area contributed by atoms with Crippen LogP contribution in [0.15, 0.2) is 0 Å². The van der Waals surface area contributed by atoms with Crippen molar-refractivity contribution in [3.63, 3.8) is 0 Å². The van der Waals surface area contributed by atoms with Gasteiger partial charge in [-0.1, -0.05) is 0 Å². The maximum Gasteiger partial charge on any atom is 0.0900 e. The quantitative estimate of drug-likeness (QED) is 0.753. The molecule has 0 bridgehead atoms. The van der Waals surface area contributed by atoms with E-state index in [-0.39, 0.29) is 0 Å². The van der Waals surface area contributed by atoms with Crippen molar-refractivity contribution in [3.05, 3.63) is 15.6 Å². The van der Waals surface area contributed by atoms with Crippen molar-refractivity contribution in [2.24, 2.45) is 0 Å². The first-order valence-electron chi connectivity index (χ1n) is 4.38. The zero-order chi connectivity index (χ0) is 10.0. The first-order valence-corrected chi connectivity index (χ1v) is 5.19.